The standard InChI is InChI=1S/C33H38Cl2FN3O2S/c34-30-9-8-28(22-31(30)35)39(33(41)26-12-18-38(19-13-26)32(40)23-29-3-1-20-42-29)15-2-14-37-16-10-25(11-17-37)21-24-4-6-27(36)7-5-24/h1,3-9,20,22,25-26H,2,10-19,21,23H2. The number of anilines is 1. The molecule has 0 atom stereocenters. The van der Waals surface area contributed by atoms with E-state index in [0.717, 1.165) is 55.9 Å². The number of benzene rings is 2. The number of hydrogen-bond donors (Lipinski definition) is 0. The van der Waals surface area contributed by atoms with Crippen molar-refractivity contribution in [1.29, 1.82) is 0 Å². The maximum atomic E-state index is 13.9. The van der Waals surface area contributed by atoms with Gasteiger partial charge in [-0.2, -0.15) is 0 Å². The molecule has 2 aromatic carbocycles. The van der Waals surface area contributed by atoms with Crippen LogP contribution in [0.5, 0.6) is 0 Å². The highest BCUT2D eigenvalue weighted by Gasteiger charge is 2.31. The summed E-state index contributed by atoms with van der Waals surface area (Å²) in [7, 11) is 0. The number of hydrogen-bond acceptors (Lipinski definition) is 4. The van der Waals surface area contributed by atoms with Crippen molar-refractivity contribution in [2.75, 3.05) is 44.2 Å². The molecule has 1 aromatic heterocycles. The van der Waals surface area contributed by atoms with Crippen LogP contribution in [0.3, 0.4) is 0 Å². The summed E-state index contributed by atoms with van der Waals surface area (Å²) in [5.74, 6) is 0.520. The first kappa shape index (κ1) is 31.0. The van der Waals surface area contributed by atoms with Crippen molar-refractivity contribution in [3.05, 3.63) is 86.3 Å². The van der Waals surface area contributed by atoms with Gasteiger partial charge >= 0.3 is 0 Å². The van der Waals surface area contributed by atoms with Crippen LogP contribution in [-0.4, -0.2) is 60.9 Å². The molecule has 3 aromatic rings. The predicted octanol–water partition coefficient (Wildman–Crippen LogP) is 7.35. The third kappa shape index (κ3) is 8.34. The number of likely N-dealkylation sites (tertiary alicyclic amines) is 2. The summed E-state index contributed by atoms with van der Waals surface area (Å²) in [6, 6.07) is 16.2. The Hall–Kier alpha value is -2.45. The summed E-state index contributed by atoms with van der Waals surface area (Å²) in [6.07, 6.45) is 5.84. The van der Waals surface area contributed by atoms with E-state index in [9.17, 15) is 14.0 Å². The van der Waals surface area contributed by atoms with Gasteiger partial charge in [0, 0.05) is 36.1 Å². The number of carbonyl (C=O) groups excluding carboxylic acids is 2. The summed E-state index contributed by atoms with van der Waals surface area (Å²) in [6.45, 7) is 4.79. The number of carbonyl (C=O) groups is 2. The minimum absolute atomic E-state index is 0.0942. The highest BCUT2D eigenvalue weighted by atomic mass is 35.5. The molecule has 2 aliphatic heterocycles. The van der Waals surface area contributed by atoms with Gasteiger partial charge in [-0.25, -0.2) is 4.39 Å². The maximum absolute atomic E-state index is 13.9. The summed E-state index contributed by atoms with van der Waals surface area (Å²) in [5.41, 5.74) is 1.96. The lowest BCUT2D eigenvalue weighted by Crippen LogP contribution is -2.45. The Morgan fingerprint density at radius 2 is 1.67 bits per heavy atom. The van der Waals surface area contributed by atoms with E-state index in [4.69, 9.17) is 23.2 Å². The average molecular weight is 631 g/mol. The van der Waals surface area contributed by atoms with Gasteiger partial charge in [0.1, 0.15) is 5.82 Å². The first-order chi connectivity index (χ1) is 20.4. The normalized spacial score (nSPS) is 17.0. The molecule has 2 amide bonds. The Kier molecular flexibility index (Phi) is 10.9. The minimum Gasteiger partial charge on any atom is -0.342 e. The largest absolute Gasteiger partial charge is 0.342 e. The molecule has 224 valence electrons. The molecule has 0 saturated carbocycles. The third-order valence-corrected chi connectivity index (χ3v) is 10.2. The van der Waals surface area contributed by atoms with Crippen molar-refractivity contribution in [3.63, 3.8) is 0 Å². The molecule has 0 N–H and O–H groups in total. The van der Waals surface area contributed by atoms with Gasteiger partial charge in [0.25, 0.3) is 0 Å². The van der Waals surface area contributed by atoms with Crippen molar-refractivity contribution < 1.29 is 14.0 Å². The molecular weight excluding hydrogens is 592 g/mol. The quantitative estimate of drug-likeness (QED) is 0.235. The van der Waals surface area contributed by atoms with E-state index in [1.165, 1.54) is 5.56 Å². The van der Waals surface area contributed by atoms with Gasteiger partial charge in [-0.1, -0.05) is 41.4 Å². The highest BCUT2D eigenvalue weighted by molar-refractivity contribution is 7.10. The molecule has 0 bridgehead atoms. The molecule has 0 radical (unpaired) electrons. The number of piperidine rings is 2. The fourth-order valence-corrected chi connectivity index (χ4v) is 7.10. The summed E-state index contributed by atoms with van der Waals surface area (Å²) in [4.78, 5) is 34.0. The second kappa shape index (κ2) is 14.8. The molecule has 2 aliphatic rings. The molecule has 5 nitrogen and oxygen atoms in total. The summed E-state index contributed by atoms with van der Waals surface area (Å²) < 4.78 is 13.2. The van der Waals surface area contributed by atoms with E-state index in [1.807, 2.05) is 45.5 Å². The van der Waals surface area contributed by atoms with E-state index < -0.39 is 0 Å². The van der Waals surface area contributed by atoms with Crippen LogP contribution in [0, 0.1) is 17.7 Å². The second-order valence-corrected chi connectivity index (χ2v) is 13.3. The van der Waals surface area contributed by atoms with Gasteiger partial charge < -0.3 is 14.7 Å². The fourth-order valence-electron chi connectivity index (χ4n) is 6.11. The lowest BCUT2D eigenvalue weighted by atomic mass is 9.90. The Labute approximate surface area is 262 Å². The Bertz CT molecular complexity index is 1320. The van der Waals surface area contributed by atoms with Crippen molar-refractivity contribution in [2.45, 2.75) is 44.9 Å². The van der Waals surface area contributed by atoms with Crippen LogP contribution >= 0.6 is 34.5 Å². The number of rotatable bonds is 10. The maximum Gasteiger partial charge on any atom is 0.230 e. The average Bonchev–Trinajstić information content (AvgIpc) is 3.52. The predicted molar refractivity (Wildman–Crippen MR) is 170 cm³/mol. The zero-order chi connectivity index (χ0) is 29.5. The monoisotopic (exact) mass is 629 g/mol. The minimum atomic E-state index is -0.188. The Morgan fingerprint density at radius 3 is 2.33 bits per heavy atom. The van der Waals surface area contributed by atoms with Crippen LogP contribution < -0.4 is 4.90 Å². The third-order valence-electron chi connectivity index (χ3n) is 8.58. The zero-order valence-electron chi connectivity index (χ0n) is 23.8. The van der Waals surface area contributed by atoms with E-state index >= 15 is 0 Å². The SMILES string of the molecule is O=C(Cc1cccs1)N1CCC(C(=O)N(CCCN2CCC(Cc3ccc(F)cc3)CC2)c2ccc(Cl)c(Cl)c2)CC1. The zero-order valence-corrected chi connectivity index (χ0v) is 26.1. The molecule has 2 saturated heterocycles. The van der Waals surface area contributed by atoms with E-state index in [-0.39, 0.29) is 23.5 Å². The Balaban J connectivity index is 1.13. The van der Waals surface area contributed by atoms with Crippen LogP contribution in [0.4, 0.5) is 10.1 Å². The lowest BCUT2D eigenvalue weighted by Gasteiger charge is -2.35. The van der Waals surface area contributed by atoms with Crippen LogP contribution in [-0.2, 0) is 22.4 Å². The van der Waals surface area contributed by atoms with Crippen molar-refractivity contribution in [3.8, 4) is 0 Å². The van der Waals surface area contributed by atoms with Crippen molar-refractivity contribution in [2.24, 2.45) is 11.8 Å². The summed E-state index contributed by atoms with van der Waals surface area (Å²) in [5, 5.41) is 2.89. The van der Waals surface area contributed by atoms with Gasteiger partial charge in [-0.3, -0.25) is 9.59 Å². The number of nitrogens with zero attached hydrogens (tertiary/aromatic N) is 3. The molecule has 9 heteroatoms. The Morgan fingerprint density at radius 1 is 0.929 bits per heavy atom. The van der Waals surface area contributed by atoms with Gasteiger partial charge in [0.15, 0.2) is 0 Å². The van der Waals surface area contributed by atoms with Crippen molar-refractivity contribution in [1.82, 2.24) is 9.80 Å². The number of amides is 2. The van der Waals surface area contributed by atoms with E-state index in [1.54, 1.807) is 35.6 Å². The molecular formula is C33H38Cl2FN3O2S. The lowest BCUT2D eigenvalue weighted by molar-refractivity contribution is -0.134. The molecule has 42 heavy (non-hydrogen) atoms. The molecule has 5 rings (SSSR count). The van der Waals surface area contributed by atoms with Gasteiger partial charge in [-0.05, 0) is 111 Å². The first-order valence-electron chi connectivity index (χ1n) is 14.9. The number of halogens is 3. The fraction of sp³-hybridized carbons (Fsp3) is 0.455. The van der Waals surface area contributed by atoms with Gasteiger partial charge in [0.2, 0.25) is 11.8 Å². The number of thiophene rings is 1. The van der Waals surface area contributed by atoms with E-state index in [0.29, 0.717) is 54.9 Å². The topological polar surface area (TPSA) is 43.9 Å². The van der Waals surface area contributed by atoms with Gasteiger partial charge in [0.05, 0.1) is 16.5 Å². The second-order valence-electron chi connectivity index (χ2n) is 11.5. The summed E-state index contributed by atoms with van der Waals surface area (Å²) >= 11 is 14.1. The molecule has 0 spiro atoms. The van der Waals surface area contributed by atoms with Crippen LogP contribution in [0.2, 0.25) is 10.0 Å². The van der Waals surface area contributed by atoms with Crippen LogP contribution in [0.25, 0.3) is 0 Å². The smallest absolute Gasteiger partial charge is 0.230 e. The van der Waals surface area contributed by atoms with Crippen LogP contribution in [0.1, 0.15) is 42.5 Å². The molecule has 0 aliphatic carbocycles. The molecule has 0 unspecified atom stereocenters. The van der Waals surface area contributed by atoms with Gasteiger partial charge in [-0.15, -0.1) is 11.3 Å². The molecule has 2 fully saturated rings. The molecule has 3 heterocycles. The highest BCUT2D eigenvalue weighted by Crippen LogP contribution is 2.30. The van der Waals surface area contributed by atoms with Crippen molar-refractivity contribution >= 4 is 52.0 Å². The van der Waals surface area contributed by atoms with Crippen LogP contribution in [0.15, 0.2) is 60.0 Å². The first-order valence-corrected chi connectivity index (χ1v) is 16.5. The van der Waals surface area contributed by atoms with E-state index in [2.05, 4.69) is 4.90 Å².